The summed E-state index contributed by atoms with van der Waals surface area (Å²) in [6.45, 7) is 2.07. The molecular weight excluding hydrogens is 200 g/mol. The van der Waals surface area contributed by atoms with E-state index in [2.05, 4.69) is 18.1 Å². The third kappa shape index (κ3) is 1.43. The van der Waals surface area contributed by atoms with Crippen LogP contribution in [0.5, 0.6) is 0 Å². The zero-order chi connectivity index (χ0) is 11.1. The minimum Gasteiger partial charge on any atom is -0.306 e. The van der Waals surface area contributed by atoms with Crippen molar-refractivity contribution in [1.29, 1.82) is 0 Å². The van der Waals surface area contributed by atoms with Crippen LogP contribution in [-0.2, 0) is 6.42 Å². The van der Waals surface area contributed by atoms with Gasteiger partial charge in [-0.2, -0.15) is 0 Å². The number of hydrogen-bond acceptors (Lipinski definition) is 2. The lowest BCUT2D eigenvalue weighted by Gasteiger charge is -2.02. The molecule has 0 atom stereocenters. The number of hydrogen-bond donors (Lipinski definition) is 0. The van der Waals surface area contributed by atoms with Crippen molar-refractivity contribution in [3.05, 3.63) is 35.3 Å². The molecule has 0 N–H and O–H groups in total. The van der Waals surface area contributed by atoms with E-state index in [1.807, 2.05) is 16.7 Å². The van der Waals surface area contributed by atoms with Crippen LogP contribution in [0, 0.1) is 0 Å². The van der Waals surface area contributed by atoms with Crippen molar-refractivity contribution in [3.8, 4) is 0 Å². The first-order chi connectivity index (χ1) is 7.81. The van der Waals surface area contributed by atoms with Crippen molar-refractivity contribution < 1.29 is 4.79 Å². The van der Waals surface area contributed by atoms with Crippen LogP contribution >= 0.6 is 0 Å². The Bertz CT molecular complexity index is 552. The fourth-order valence-electron chi connectivity index (χ4n) is 2.10. The van der Waals surface area contributed by atoms with Crippen LogP contribution in [-0.4, -0.2) is 15.7 Å². The van der Waals surface area contributed by atoms with Gasteiger partial charge < -0.3 is 4.40 Å². The average molecular weight is 214 g/mol. The Morgan fingerprint density at radius 3 is 2.94 bits per heavy atom. The third-order valence-electron chi connectivity index (χ3n) is 3.19. The number of nitrogens with zero attached hydrogens (tertiary/aromatic N) is 2. The maximum Gasteiger partial charge on any atom is 0.153 e. The molecule has 82 valence electrons. The molecule has 1 aliphatic rings. The number of carbonyl (C=O) groups is 1. The highest BCUT2D eigenvalue weighted by atomic mass is 16.1. The highest BCUT2D eigenvalue weighted by Gasteiger charge is 2.24. The lowest BCUT2D eigenvalue weighted by Crippen LogP contribution is -1.94. The van der Waals surface area contributed by atoms with Crippen molar-refractivity contribution in [3.63, 3.8) is 0 Å². The summed E-state index contributed by atoms with van der Waals surface area (Å²) in [5.74, 6) is 0.663. The van der Waals surface area contributed by atoms with Crippen molar-refractivity contribution in [2.45, 2.75) is 32.1 Å². The highest BCUT2D eigenvalue weighted by Crippen LogP contribution is 2.40. The van der Waals surface area contributed by atoms with Crippen molar-refractivity contribution in [2.75, 3.05) is 0 Å². The molecule has 0 radical (unpaired) electrons. The molecule has 3 rings (SSSR count). The van der Waals surface area contributed by atoms with E-state index in [-0.39, 0.29) is 0 Å². The van der Waals surface area contributed by atoms with Gasteiger partial charge in [0.2, 0.25) is 0 Å². The van der Waals surface area contributed by atoms with Crippen LogP contribution in [0.15, 0.2) is 18.5 Å². The van der Waals surface area contributed by atoms with Crippen LogP contribution in [0.3, 0.4) is 0 Å². The van der Waals surface area contributed by atoms with Crippen LogP contribution in [0.1, 0.15) is 47.3 Å². The van der Waals surface area contributed by atoms with E-state index in [0.29, 0.717) is 11.5 Å². The van der Waals surface area contributed by atoms with E-state index in [9.17, 15) is 4.79 Å². The molecule has 0 bridgehead atoms. The van der Waals surface area contributed by atoms with Crippen LogP contribution < -0.4 is 0 Å². The van der Waals surface area contributed by atoms with Crippen molar-refractivity contribution in [2.24, 2.45) is 0 Å². The molecule has 0 spiro atoms. The first-order valence-electron chi connectivity index (χ1n) is 5.78. The first kappa shape index (κ1) is 9.58. The standard InChI is InChI=1S/C13H14N2O/c1-2-12-7-15-6-10(9-3-4-9)5-11(8-16)13(15)14-12/h5-9H,2-4H2,1H3. The zero-order valence-corrected chi connectivity index (χ0v) is 9.31. The molecule has 2 aromatic heterocycles. The minimum absolute atomic E-state index is 0.663. The van der Waals surface area contributed by atoms with Crippen molar-refractivity contribution >= 4 is 11.9 Å². The van der Waals surface area contributed by atoms with E-state index in [1.165, 1.54) is 18.4 Å². The van der Waals surface area contributed by atoms with E-state index >= 15 is 0 Å². The lowest BCUT2D eigenvalue weighted by atomic mass is 10.1. The molecule has 2 heterocycles. The molecule has 0 aliphatic heterocycles. The number of aromatic nitrogens is 2. The number of aldehydes is 1. The van der Waals surface area contributed by atoms with E-state index < -0.39 is 0 Å². The predicted octanol–water partition coefficient (Wildman–Crippen LogP) is 2.59. The Balaban J connectivity index is 2.23. The Kier molecular flexibility index (Phi) is 2.06. The predicted molar refractivity (Wildman–Crippen MR) is 61.9 cm³/mol. The molecule has 3 nitrogen and oxygen atoms in total. The van der Waals surface area contributed by atoms with Crippen LogP contribution in [0.4, 0.5) is 0 Å². The molecule has 16 heavy (non-hydrogen) atoms. The maximum absolute atomic E-state index is 11.1. The molecule has 2 aromatic rings. The topological polar surface area (TPSA) is 34.4 Å². The summed E-state index contributed by atoms with van der Waals surface area (Å²) < 4.78 is 2.00. The molecule has 0 aromatic carbocycles. The third-order valence-corrected chi connectivity index (χ3v) is 3.19. The van der Waals surface area contributed by atoms with E-state index in [1.54, 1.807) is 0 Å². The number of pyridine rings is 1. The molecule has 3 heteroatoms. The Morgan fingerprint density at radius 2 is 2.31 bits per heavy atom. The summed E-state index contributed by atoms with van der Waals surface area (Å²) in [6, 6.07) is 1.99. The molecule has 1 saturated carbocycles. The SMILES string of the molecule is CCc1cn2cc(C3CC3)cc(C=O)c2n1. The Labute approximate surface area is 94.1 Å². The van der Waals surface area contributed by atoms with Gasteiger partial charge in [-0.15, -0.1) is 0 Å². The van der Waals surface area contributed by atoms with Gasteiger partial charge in [0.15, 0.2) is 6.29 Å². The molecule has 1 fully saturated rings. The summed E-state index contributed by atoms with van der Waals surface area (Å²) in [6.07, 6.45) is 8.45. The normalized spacial score (nSPS) is 15.6. The molecule has 0 unspecified atom stereocenters. The second-order valence-corrected chi connectivity index (χ2v) is 4.44. The Hall–Kier alpha value is -1.64. The average Bonchev–Trinajstić information content (AvgIpc) is 3.07. The summed E-state index contributed by atoms with van der Waals surface area (Å²) in [5, 5.41) is 0. The quantitative estimate of drug-likeness (QED) is 0.736. The largest absolute Gasteiger partial charge is 0.306 e. The molecule has 0 saturated heterocycles. The van der Waals surface area contributed by atoms with Crippen LogP contribution in [0.2, 0.25) is 0 Å². The fraction of sp³-hybridized carbons (Fsp3) is 0.385. The lowest BCUT2D eigenvalue weighted by molar-refractivity contribution is 0.112. The number of aryl methyl sites for hydroxylation is 1. The summed E-state index contributed by atoms with van der Waals surface area (Å²) in [7, 11) is 0. The summed E-state index contributed by atoms with van der Waals surface area (Å²) in [5.41, 5.74) is 3.81. The van der Waals surface area contributed by atoms with Gasteiger partial charge in [-0.1, -0.05) is 6.92 Å². The summed E-state index contributed by atoms with van der Waals surface area (Å²) >= 11 is 0. The summed E-state index contributed by atoms with van der Waals surface area (Å²) in [4.78, 5) is 15.5. The Morgan fingerprint density at radius 1 is 1.50 bits per heavy atom. The molecular formula is C13H14N2O. The number of imidazole rings is 1. The zero-order valence-electron chi connectivity index (χ0n) is 9.31. The van der Waals surface area contributed by atoms with E-state index in [0.717, 1.165) is 24.0 Å². The number of carbonyl (C=O) groups excluding carboxylic acids is 1. The van der Waals surface area contributed by atoms with Crippen LogP contribution in [0.25, 0.3) is 5.65 Å². The van der Waals surface area contributed by atoms with Gasteiger partial charge in [0.1, 0.15) is 5.65 Å². The van der Waals surface area contributed by atoms with Gasteiger partial charge in [0.25, 0.3) is 0 Å². The smallest absolute Gasteiger partial charge is 0.153 e. The monoisotopic (exact) mass is 214 g/mol. The van der Waals surface area contributed by atoms with Gasteiger partial charge in [-0.05, 0) is 36.8 Å². The first-order valence-corrected chi connectivity index (χ1v) is 5.78. The maximum atomic E-state index is 11.1. The number of fused-ring (bicyclic) bond motifs is 1. The highest BCUT2D eigenvalue weighted by molar-refractivity contribution is 5.84. The van der Waals surface area contributed by atoms with E-state index in [4.69, 9.17) is 0 Å². The second-order valence-electron chi connectivity index (χ2n) is 4.44. The van der Waals surface area contributed by atoms with Crippen molar-refractivity contribution in [1.82, 2.24) is 9.38 Å². The molecule has 0 amide bonds. The van der Waals surface area contributed by atoms with Gasteiger partial charge in [0.05, 0.1) is 11.3 Å². The van der Waals surface area contributed by atoms with Gasteiger partial charge in [-0.3, -0.25) is 4.79 Å². The molecule has 1 aliphatic carbocycles. The van der Waals surface area contributed by atoms with Gasteiger partial charge in [-0.25, -0.2) is 4.98 Å². The minimum atomic E-state index is 0.663. The fourth-order valence-corrected chi connectivity index (χ4v) is 2.10. The second kappa shape index (κ2) is 3.44. The number of rotatable bonds is 3. The van der Waals surface area contributed by atoms with Gasteiger partial charge in [0, 0.05) is 12.4 Å². The van der Waals surface area contributed by atoms with Gasteiger partial charge >= 0.3 is 0 Å².